The summed E-state index contributed by atoms with van der Waals surface area (Å²) in [4.78, 5) is 33.0. The highest BCUT2D eigenvalue weighted by atomic mass is 32.1. The van der Waals surface area contributed by atoms with Crippen LogP contribution in [0.25, 0.3) is 21.0 Å². The van der Waals surface area contributed by atoms with Crippen LogP contribution >= 0.6 is 11.3 Å². The number of nitrogens with one attached hydrogen (secondary N) is 3. The van der Waals surface area contributed by atoms with Gasteiger partial charge in [0, 0.05) is 35.4 Å². The van der Waals surface area contributed by atoms with E-state index in [4.69, 9.17) is 0 Å². The molecule has 0 unspecified atom stereocenters. The Hall–Kier alpha value is -4.30. The predicted octanol–water partition coefficient (Wildman–Crippen LogP) is 5.80. The van der Waals surface area contributed by atoms with E-state index in [0.29, 0.717) is 22.1 Å². The fourth-order valence-electron chi connectivity index (χ4n) is 3.48. The van der Waals surface area contributed by atoms with Crippen molar-refractivity contribution in [2.24, 2.45) is 0 Å². The molecule has 0 spiro atoms. The summed E-state index contributed by atoms with van der Waals surface area (Å²) in [5.74, 6) is 0.380. The van der Waals surface area contributed by atoms with Crippen molar-refractivity contribution >= 4 is 66.5 Å². The third-order valence-electron chi connectivity index (χ3n) is 5.01. The molecule has 0 bridgehead atoms. The second-order valence-corrected chi connectivity index (χ2v) is 8.45. The van der Waals surface area contributed by atoms with E-state index < -0.39 is 0 Å². The number of hydrogen-bond donors (Lipinski definition) is 3. The molecule has 3 aromatic carbocycles. The average molecular weight is 454 g/mol. The molecule has 2 amide bonds. The Kier molecular flexibility index (Phi) is 5.42. The smallest absolute Gasteiger partial charge is 0.255 e. The van der Waals surface area contributed by atoms with Crippen LogP contribution in [-0.4, -0.2) is 21.8 Å². The zero-order chi connectivity index (χ0) is 22.8. The van der Waals surface area contributed by atoms with Gasteiger partial charge in [-0.25, -0.2) is 9.97 Å². The quantitative estimate of drug-likeness (QED) is 0.313. The Morgan fingerprint density at radius 3 is 2.42 bits per heavy atom. The molecule has 0 aliphatic rings. The largest absolute Gasteiger partial charge is 0.326 e. The molecule has 5 rings (SSSR count). The number of nitrogens with zero attached hydrogens (tertiary/aromatic N) is 2. The van der Waals surface area contributed by atoms with E-state index in [-0.39, 0.29) is 11.8 Å². The van der Waals surface area contributed by atoms with E-state index in [2.05, 4.69) is 25.9 Å². The zero-order valence-electron chi connectivity index (χ0n) is 17.6. The molecule has 2 heterocycles. The van der Waals surface area contributed by atoms with Crippen molar-refractivity contribution < 1.29 is 9.59 Å². The monoisotopic (exact) mass is 453 g/mol. The van der Waals surface area contributed by atoms with Gasteiger partial charge in [0.15, 0.2) is 5.13 Å². The van der Waals surface area contributed by atoms with Gasteiger partial charge in [0.25, 0.3) is 5.91 Å². The van der Waals surface area contributed by atoms with Crippen molar-refractivity contribution in [1.82, 2.24) is 9.97 Å². The molecule has 0 radical (unpaired) electrons. The number of carbonyl (C=O) groups excluding carboxylic acids is 2. The Bertz CT molecular complexity index is 1490. The topological polar surface area (TPSA) is 96.0 Å². The van der Waals surface area contributed by atoms with Crippen molar-refractivity contribution in [3.8, 4) is 0 Å². The summed E-state index contributed by atoms with van der Waals surface area (Å²) in [6, 6.07) is 22.4. The minimum Gasteiger partial charge on any atom is -0.326 e. The van der Waals surface area contributed by atoms with E-state index in [0.717, 1.165) is 26.8 Å². The van der Waals surface area contributed by atoms with Crippen LogP contribution in [0.4, 0.5) is 22.3 Å². The van der Waals surface area contributed by atoms with Crippen LogP contribution in [0.15, 0.2) is 79.0 Å². The van der Waals surface area contributed by atoms with Crippen molar-refractivity contribution in [1.29, 1.82) is 0 Å². The lowest BCUT2D eigenvalue weighted by molar-refractivity contribution is -0.114. The maximum absolute atomic E-state index is 12.7. The lowest BCUT2D eigenvalue weighted by Crippen LogP contribution is -2.12. The summed E-state index contributed by atoms with van der Waals surface area (Å²) in [5, 5.41) is 11.7. The molecule has 8 heteroatoms. The van der Waals surface area contributed by atoms with Crippen LogP contribution in [0.1, 0.15) is 17.3 Å². The lowest BCUT2D eigenvalue weighted by atomic mass is 10.1. The number of carbonyl (C=O) groups is 2. The molecular formula is C25H19N5O2S. The molecule has 5 aromatic rings. The Balaban J connectivity index is 1.34. The number of aromatic nitrogens is 2. The highest BCUT2D eigenvalue weighted by molar-refractivity contribution is 7.22. The minimum atomic E-state index is -0.220. The number of amides is 2. The van der Waals surface area contributed by atoms with Crippen LogP contribution in [-0.2, 0) is 4.79 Å². The molecule has 3 N–H and O–H groups in total. The first-order chi connectivity index (χ1) is 16.0. The molecular weight excluding hydrogens is 434 g/mol. The van der Waals surface area contributed by atoms with Crippen LogP contribution in [0.5, 0.6) is 0 Å². The third-order valence-corrected chi connectivity index (χ3v) is 5.95. The van der Waals surface area contributed by atoms with Gasteiger partial charge in [0.2, 0.25) is 5.91 Å². The first-order valence-corrected chi connectivity index (χ1v) is 11.1. The van der Waals surface area contributed by atoms with Crippen molar-refractivity contribution in [3.63, 3.8) is 0 Å². The molecule has 0 atom stereocenters. The van der Waals surface area contributed by atoms with Crippen molar-refractivity contribution in [2.75, 3.05) is 16.0 Å². The molecule has 7 nitrogen and oxygen atoms in total. The summed E-state index contributed by atoms with van der Waals surface area (Å²) in [5.41, 5.74) is 2.65. The van der Waals surface area contributed by atoms with Gasteiger partial charge in [-0.3, -0.25) is 9.59 Å². The molecule has 162 valence electrons. The van der Waals surface area contributed by atoms with Crippen LogP contribution in [0.3, 0.4) is 0 Å². The van der Waals surface area contributed by atoms with Crippen molar-refractivity contribution in [3.05, 3.63) is 84.6 Å². The SMILES string of the molecule is CC(=O)Nc1ccc(NC(=O)c2ccc3nc(Nc4nccc5ccccc45)sc3c2)cc1. The van der Waals surface area contributed by atoms with Gasteiger partial charge in [-0.2, -0.15) is 0 Å². The number of thiazole rings is 1. The summed E-state index contributed by atoms with van der Waals surface area (Å²) >= 11 is 1.46. The van der Waals surface area contributed by atoms with Gasteiger partial charge in [0.05, 0.1) is 10.2 Å². The van der Waals surface area contributed by atoms with E-state index in [1.165, 1.54) is 18.3 Å². The van der Waals surface area contributed by atoms with Crippen molar-refractivity contribution in [2.45, 2.75) is 6.92 Å². The van der Waals surface area contributed by atoms with E-state index in [1.807, 2.05) is 42.5 Å². The fraction of sp³-hybridized carbons (Fsp3) is 0.0400. The maximum atomic E-state index is 12.7. The van der Waals surface area contributed by atoms with E-state index in [1.54, 1.807) is 36.5 Å². The summed E-state index contributed by atoms with van der Waals surface area (Å²) < 4.78 is 0.895. The van der Waals surface area contributed by atoms with Gasteiger partial charge in [-0.05, 0) is 53.9 Å². The number of fused-ring (bicyclic) bond motifs is 2. The van der Waals surface area contributed by atoms with Crippen LogP contribution in [0.2, 0.25) is 0 Å². The minimum absolute atomic E-state index is 0.144. The Labute approximate surface area is 193 Å². The number of rotatable bonds is 5. The number of benzene rings is 3. The second-order valence-electron chi connectivity index (χ2n) is 7.42. The highest BCUT2D eigenvalue weighted by Gasteiger charge is 2.11. The summed E-state index contributed by atoms with van der Waals surface area (Å²) in [7, 11) is 0. The molecule has 0 saturated heterocycles. The average Bonchev–Trinajstić information content (AvgIpc) is 3.22. The van der Waals surface area contributed by atoms with Crippen LogP contribution in [0, 0.1) is 0 Å². The summed E-state index contributed by atoms with van der Waals surface area (Å²) in [6.07, 6.45) is 1.77. The van der Waals surface area contributed by atoms with Gasteiger partial charge in [0.1, 0.15) is 5.82 Å². The zero-order valence-corrected chi connectivity index (χ0v) is 18.4. The third kappa shape index (κ3) is 4.51. The normalized spacial score (nSPS) is 10.8. The Morgan fingerprint density at radius 1 is 0.879 bits per heavy atom. The first kappa shape index (κ1) is 20.6. The molecule has 0 aliphatic carbocycles. The number of pyridine rings is 1. The standard InChI is InChI=1S/C25H19N5O2S/c1-15(31)27-18-7-9-19(10-8-18)28-24(32)17-6-11-21-22(14-17)33-25(29-21)30-23-20-5-3-2-4-16(20)12-13-26-23/h2-14H,1H3,(H,27,31)(H,28,32)(H,26,29,30). The van der Waals surface area contributed by atoms with Crippen LogP contribution < -0.4 is 16.0 Å². The van der Waals surface area contributed by atoms with Gasteiger partial charge in [-0.1, -0.05) is 35.6 Å². The van der Waals surface area contributed by atoms with Gasteiger partial charge in [-0.15, -0.1) is 0 Å². The molecule has 0 saturated carbocycles. The number of anilines is 4. The molecule has 2 aromatic heterocycles. The molecule has 0 fully saturated rings. The van der Waals surface area contributed by atoms with E-state index in [9.17, 15) is 9.59 Å². The fourth-order valence-corrected chi connectivity index (χ4v) is 4.39. The first-order valence-electron chi connectivity index (χ1n) is 10.3. The number of hydrogen-bond acceptors (Lipinski definition) is 6. The van der Waals surface area contributed by atoms with E-state index >= 15 is 0 Å². The Morgan fingerprint density at radius 2 is 1.64 bits per heavy atom. The lowest BCUT2D eigenvalue weighted by Gasteiger charge is -2.07. The molecule has 33 heavy (non-hydrogen) atoms. The van der Waals surface area contributed by atoms with Gasteiger partial charge >= 0.3 is 0 Å². The van der Waals surface area contributed by atoms with Gasteiger partial charge < -0.3 is 16.0 Å². The summed E-state index contributed by atoms with van der Waals surface area (Å²) in [6.45, 7) is 1.45. The maximum Gasteiger partial charge on any atom is 0.255 e. The highest BCUT2D eigenvalue weighted by Crippen LogP contribution is 2.31. The second kappa shape index (κ2) is 8.68. The molecule has 0 aliphatic heterocycles. The predicted molar refractivity (Wildman–Crippen MR) is 133 cm³/mol.